The maximum absolute atomic E-state index is 12.9. The zero-order chi connectivity index (χ0) is 21.7. The molecule has 1 aromatic heterocycles. The van der Waals surface area contributed by atoms with Crippen LogP contribution in [0.2, 0.25) is 0 Å². The van der Waals surface area contributed by atoms with Crippen LogP contribution in [0, 0.1) is 0 Å². The van der Waals surface area contributed by atoms with Crippen molar-refractivity contribution in [2.75, 3.05) is 4.72 Å². The molecule has 0 aliphatic carbocycles. The SMILES string of the molecule is O=S(=O)(Nc1ccc(C(O)(C(F)(F)F)C(F)(F)F)cc1)c1cccc2nsnc12. The molecule has 0 aliphatic heterocycles. The number of aromatic nitrogens is 2. The predicted molar refractivity (Wildman–Crippen MR) is 90.7 cm³/mol. The highest BCUT2D eigenvalue weighted by molar-refractivity contribution is 7.93. The number of halogens is 6. The Morgan fingerprint density at radius 2 is 1.48 bits per heavy atom. The molecule has 14 heteroatoms. The monoisotopic (exact) mass is 457 g/mol. The summed E-state index contributed by atoms with van der Waals surface area (Å²) in [5.74, 6) is 0. The fraction of sp³-hybridized carbons (Fsp3) is 0.200. The van der Waals surface area contributed by atoms with Crippen molar-refractivity contribution in [1.29, 1.82) is 0 Å². The largest absolute Gasteiger partial charge is 0.430 e. The molecule has 3 rings (SSSR count). The summed E-state index contributed by atoms with van der Waals surface area (Å²) in [7, 11) is -4.27. The van der Waals surface area contributed by atoms with Crippen LogP contribution in [0.1, 0.15) is 5.56 Å². The predicted octanol–water partition coefficient (Wildman–Crippen LogP) is 3.80. The van der Waals surface area contributed by atoms with Gasteiger partial charge in [0.25, 0.3) is 15.6 Å². The molecule has 29 heavy (non-hydrogen) atoms. The van der Waals surface area contributed by atoms with Gasteiger partial charge in [0.05, 0.1) is 11.7 Å². The van der Waals surface area contributed by atoms with E-state index in [2.05, 4.69) is 8.75 Å². The molecule has 2 N–H and O–H groups in total. The number of alkyl halides is 6. The van der Waals surface area contributed by atoms with Crippen LogP contribution in [-0.4, -0.2) is 34.6 Å². The van der Waals surface area contributed by atoms with E-state index in [-0.39, 0.29) is 16.1 Å². The number of anilines is 1. The van der Waals surface area contributed by atoms with Crippen LogP contribution in [0.5, 0.6) is 0 Å². The highest BCUT2D eigenvalue weighted by Gasteiger charge is 2.71. The zero-order valence-electron chi connectivity index (χ0n) is 13.8. The number of nitrogens with zero attached hydrogens (tertiary/aromatic N) is 2. The Morgan fingerprint density at radius 1 is 0.897 bits per heavy atom. The van der Waals surface area contributed by atoms with Crippen molar-refractivity contribution in [3.05, 3.63) is 48.0 Å². The van der Waals surface area contributed by atoms with Crippen LogP contribution in [-0.2, 0) is 15.6 Å². The number of hydrogen-bond donors (Lipinski definition) is 2. The number of rotatable bonds is 4. The Labute approximate surface area is 163 Å². The fourth-order valence-corrected chi connectivity index (χ4v) is 4.30. The number of hydrogen-bond acceptors (Lipinski definition) is 6. The quantitative estimate of drug-likeness (QED) is 0.582. The lowest BCUT2D eigenvalue weighted by Gasteiger charge is -2.32. The van der Waals surface area contributed by atoms with Gasteiger partial charge in [-0.2, -0.15) is 35.1 Å². The Balaban J connectivity index is 1.96. The standard InChI is InChI=1S/C15H9F6N3O3S2/c16-14(17,18)13(25,15(19,20)21)8-4-6-9(7-5-8)24-29(26,27)11-3-1-2-10-12(11)23-28-22-10/h1-7,24-25H. The lowest BCUT2D eigenvalue weighted by Crippen LogP contribution is -2.53. The average Bonchev–Trinajstić information content (AvgIpc) is 3.08. The number of fused-ring (bicyclic) bond motifs is 1. The molecule has 6 nitrogen and oxygen atoms in total. The van der Waals surface area contributed by atoms with Crippen LogP contribution < -0.4 is 4.72 Å². The van der Waals surface area contributed by atoms with Crippen molar-refractivity contribution in [3.8, 4) is 0 Å². The molecular weight excluding hydrogens is 448 g/mol. The van der Waals surface area contributed by atoms with E-state index in [1.165, 1.54) is 18.2 Å². The molecule has 0 radical (unpaired) electrons. The maximum atomic E-state index is 12.9. The third kappa shape index (κ3) is 3.62. The van der Waals surface area contributed by atoms with Crippen LogP contribution in [0.25, 0.3) is 11.0 Å². The van der Waals surface area contributed by atoms with E-state index in [1.807, 2.05) is 4.72 Å². The van der Waals surface area contributed by atoms with E-state index in [9.17, 15) is 39.9 Å². The van der Waals surface area contributed by atoms with E-state index in [0.29, 0.717) is 29.8 Å². The molecule has 0 saturated carbocycles. The second-order valence-electron chi connectivity index (χ2n) is 5.78. The summed E-state index contributed by atoms with van der Waals surface area (Å²) in [5.41, 5.74) is -6.57. The minimum absolute atomic E-state index is 0.0603. The second-order valence-corrected chi connectivity index (χ2v) is 7.96. The summed E-state index contributed by atoms with van der Waals surface area (Å²) < 4.78 is 112. The van der Waals surface area contributed by atoms with Gasteiger partial charge in [-0.1, -0.05) is 18.2 Å². The molecule has 0 aliphatic rings. The van der Waals surface area contributed by atoms with Gasteiger partial charge in [0.1, 0.15) is 15.9 Å². The van der Waals surface area contributed by atoms with Crippen molar-refractivity contribution in [2.45, 2.75) is 22.8 Å². The van der Waals surface area contributed by atoms with Gasteiger partial charge in [-0.3, -0.25) is 4.72 Å². The molecule has 0 spiro atoms. The Bertz CT molecular complexity index is 1130. The minimum Gasteiger partial charge on any atom is -0.369 e. The smallest absolute Gasteiger partial charge is 0.369 e. The van der Waals surface area contributed by atoms with E-state index in [4.69, 9.17) is 0 Å². The third-order valence-electron chi connectivity index (χ3n) is 3.91. The van der Waals surface area contributed by atoms with Gasteiger partial charge in [0, 0.05) is 11.3 Å². The lowest BCUT2D eigenvalue weighted by atomic mass is 9.92. The summed E-state index contributed by atoms with van der Waals surface area (Å²) in [6.07, 6.45) is -12.1. The van der Waals surface area contributed by atoms with Crippen LogP contribution in [0.3, 0.4) is 0 Å². The second kappa shape index (κ2) is 6.81. The first-order chi connectivity index (χ1) is 13.3. The highest BCUT2D eigenvalue weighted by atomic mass is 32.2. The van der Waals surface area contributed by atoms with E-state index in [1.54, 1.807) is 0 Å². The molecule has 0 bridgehead atoms. The third-order valence-corrected chi connectivity index (χ3v) is 5.87. The Hall–Kier alpha value is -2.45. The molecular formula is C15H9F6N3O3S2. The van der Waals surface area contributed by atoms with E-state index < -0.39 is 33.5 Å². The van der Waals surface area contributed by atoms with Crippen molar-refractivity contribution < 1.29 is 39.9 Å². The summed E-state index contributed by atoms with van der Waals surface area (Å²) in [4.78, 5) is -0.269. The van der Waals surface area contributed by atoms with Gasteiger partial charge in [-0.25, -0.2) is 8.42 Å². The summed E-state index contributed by atoms with van der Waals surface area (Å²) in [6.45, 7) is 0. The number of sulfonamides is 1. The summed E-state index contributed by atoms with van der Waals surface area (Å²) in [6, 6.07) is 6.15. The number of benzene rings is 2. The van der Waals surface area contributed by atoms with Crippen molar-refractivity contribution >= 4 is 38.5 Å². The van der Waals surface area contributed by atoms with Crippen molar-refractivity contribution in [3.63, 3.8) is 0 Å². The highest BCUT2D eigenvalue weighted by Crippen LogP contribution is 2.50. The number of aliphatic hydroxyl groups is 1. The Kier molecular flexibility index (Phi) is 4.99. The van der Waals surface area contributed by atoms with Gasteiger partial charge in [-0.15, -0.1) is 0 Å². The fourth-order valence-electron chi connectivity index (χ4n) is 2.48. The van der Waals surface area contributed by atoms with Crippen LogP contribution >= 0.6 is 11.7 Å². The summed E-state index contributed by atoms with van der Waals surface area (Å²) >= 11 is 0.766. The van der Waals surface area contributed by atoms with Gasteiger partial charge < -0.3 is 5.11 Å². The van der Waals surface area contributed by atoms with E-state index >= 15 is 0 Å². The maximum Gasteiger partial charge on any atom is 0.430 e. The zero-order valence-corrected chi connectivity index (χ0v) is 15.4. The lowest BCUT2D eigenvalue weighted by molar-refractivity contribution is -0.376. The van der Waals surface area contributed by atoms with Gasteiger partial charge >= 0.3 is 12.4 Å². The van der Waals surface area contributed by atoms with Crippen LogP contribution in [0.15, 0.2) is 47.4 Å². The molecule has 0 fully saturated rings. The average molecular weight is 457 g/mol. The minimum atomic E-state index is -6.04. The number of nitrogens with one attached hydrogen (secondary N) is 1. The molecule has 0 unspecified atom stereocenters. The van der Waals surface area contributed by atoms with Gasteiger partial charge in [0.15, 0.2) is 0 Å². The van der Waals surface area contributed by atoms with Crippen molar-refractivity contribution in [2.24, 2.45) is 0 Å². The summed E-state index contributed by atoms with van der Waals surface area (Å²) in [5, 5.41) is 9.35. The molecule has 156 valence electrons. The first kappa shape index (κ1) is 21.3. The molecule has 3 aromatic rings. The van der Waals surface area contributed by atoms with Gasteiger partial charge in [0.2, 0.25) is 0 Å². The first-order valence-electron chi connectivity index (χ1n) is 7.48. The molecule has 0 atom stereocenters. The Morgan fingerprint density at radius 3 is 2.03 bits per heavy atom. The van der Waals surface area contributed by atoms with Crippen LogP contribution in [0.4, 0.5) is 32.0 Å². The van der Waals surface area contributed by atoms with E-state index in [0.717, 1.165) is 11.7 Å². The molecule has 0 saturated heterocycles. The first-order valence-corrected chi connectivity index (χ1v) is 9.69. The molecule has 1 heterocycles. The molecule has 0 amide bonds. The molecule has 2 aromatic carbocycles. The van der Waals surface area contributed by atoms with Gasteiger partial charge in [-0.05, 0) is 24.3 Å². The van der Waals surface area contributed by atoms with Crippen molar-refractivity contribution in [1.82, 2.24) is 8.75 Å². The normalized spacial score (nSPS) is 13.6. The topological polar surface area (TPSA) is 92.2 Å².